The summed E-state index contributed by atoms with van der Waals surface area (Å²) in [4.78, 5) is 30.8. The molecule has 2 aromatic heterocycles. The minimum absolute atomic E-state index is 0.132. The predicted molar refractivity (Wildman–Crippen MR) is 80.7 cm³/mol. The van der Waals surface area contributed by atoms with Crippen molar-refractivity contribution in [3.05, 3.63) is 75.9 Å². The number of pyridine rings is 1. The van der Waals surface area contributed by atoms with Crippen molar-refractivity contribution in [1.29, 1.82) is 0 Å². The van der Waals surface area contributed by atoms with E-state index in [0.717, 1.165) is 5.56 Å². The normalized spacial score (nSPS) is 17.0. The fourth-order valence-corrected chi connectivity index (χ4v) is 2.97. The molecule has 1 aliphatic heterocycles. The number of carbonyl (C=O) groups excluding carboxylic acids is 1. The lowest BCUT2D eigenvalue weighted by molar-refractivity contribution is 0.0771. The van der Waals surface area contributed by atoms with Gasteiger partial charge in [-0.1, -0.05) is 12.1 Å². The molecule has 0 aliphatic carbocycles. The highest BCUT2D eigenvalue weighted by Crippen LogP contribution is 2.36. The Morgan fingerprint density at radius 3 is 2.59 bits per heavy atom. The van der Waals surface area contributed by atoms with Crippen molar-refractivity contribution in [2.75, 3.05) is 7.05 Å². The van der Waals surface area contributed by atoms with Crippen molar-refractivity contribution >= 4 is 16.9 Å². The maximum Gasteiger partial charge on any atom is 0.290 e. The molecular formula is C17H12N2O3. The molecule has 22 heavy (non-hydrogen) atoms. The van der Waals surface area contributed by atoms with Crippen LogP contribution in [-0.4, -0.2) is 22.8 Å². The molecule has 0 bridgehead atoms. The molecule has 4 rings (SSSR count). The van der Waals surface area contributed by atoms with Crippen molar-refractivity contribution in [1.82, 2.24) is 9.88 Å². The van der Waals surface area contributed by atoms with E-state index in [0.29, 0.717) is 16.5 Å². The summed E-state index contributed by atoms with van der Waals surface area (Å²) in [5.41, 5.74) is 1.52. The number of carbonyl (C=O) groups is 1. The van der Waals surface area contributed by atoms with E-state index in [9.17, 15) is 9.59 Å². The molecule has 0 spiro atoms. The monoisotopic (exact) mass is 292 g/mol. The van der Waals surface area contributed by atoms with Gasteiger partial charge in [-0.2, -0.15) is 0 Å². The fourth-order valence-electron chi connectivity index (χ4n) is 2.97. The zero-order chi connectivity index (χ0) is 15.3. The van der Waals surface area contributed by atoms with Gasteiger partial charge < -0.3 is 9.32 Å². The van der Waals surface area contributed by atoms with E-state index in [4.69, 9.17) is 4.42 Å². The highest BCUT2D eigenvalue weighted by molar-refractivity contribution is 5.98. The predicted octanol–water partition coefficient (Wildman–Crippen LogP) is 2.36. The number of aromatic nitrogens is 1. The van der Waals surface area contributed by atoms with Gasteiger partial charge in [0.1, 0.15) is 5.58 Å². The Bertz CT molecular complexity index is 947. The minimum atomic E-state index is -0.439. The Morgan fingerprint density at radius 1 is 1.09 bits per heavy atom. The standard InChI is InChI=1S/C17H12N2O3/c1-19-14(10-6-8-18-9-7-10)13-15(20)11-4-2-3-5-12(11)22-16(13)17(19)21/h2-9,14H,1H3/t14-/m1/s1. The molecule has 1 atom stereocenters. The Balaban J connectivity index is 2.06. The maximum atomic E-state index is 12.8. The van der Waals surface area contributed by atoms with Crippen LogP contribution in [0, 0.1) is 0 Å². The van der Waals surface area contributed by atoms with Crippen molar-refractivity contribution in [2.24, 2.45) is 0 Å². The van der Waals surface area contributed by atoms with Crippen LogP contribution < -0.4 is 5.43 Å². The Kier molecular flexibility index (Phi) is 2.63. The van der Waals surface area contributed by atoms with Gasteiger partial charge in [0.05, 0.1) is 17.0 Å². The quantitative estimate of drug-likeness (QED) is 0.690. The lowest BCUT2D eigenvalue weighted by Crippen LogP contribution is -2.25. The van der Waals surface area contributed by atoms with Gasteiger partial charge >= 0.3 is 0 Å². The first-order chi connectivity index (χ1) is 10.7. The zero-order valence-corrected chi connectivity index (χ0v) is 11.8. The van der Waals surface area contributed by atoms with Crippen molar-refractivity contribution in [3.8, 4) is 0 Å². The highest BCUT2D eigenvalue weighted by Gasteiger charge is 2.40. The molecule has 5 nitrogen and oxygen atoms in total. The lowest BCUT2D eigenvalue weighted by atomic mass is 10.00. The van der Waals surface area contributed by atoms with Crippen LogP contribution in [0.5, 0.6) is 0 Å². The third-order valence-electron chi connectivity index (χ3n) is 4.03. The van der Waals surface area contributed by atoms with E-state index in [2.05, 4.69) is 4.98 Å². The Hall–Kier alpha value is -2.95. The fraction of sp³-hybridized carbons (Fsp3) is 0.118. The largest absolute Gasteiger partial charge is 0.450 e. The second kappa shape index (κ2) is 4.53. The van der Waals surface area contributed by atoms with Gasteiger partial charge in [-0.15, -0.1) is 0 Å². The summed E-state index contributed by atoms with van der Waals surface area (Å²) in [7, 11) is 1.67. The van der Waals surface area contributed by atoms with Crippen LogP contribution in [0.4, 0.5) is 0 Å². The molecule has 0 fully saturated rings. The summed E-state index contributed by atoms with van der Waals surface area (Å²) in [6, 6.07) is 10.1. The summed E-state index contributed by atoms with van der Waals surface area (Å²) in [5.74, 6) is -0.146. The molecule has 1 aromatic carbocycles. The van der Waals surface area contributed by atoms with Gasteiger partial charge in [-0.3, -0.25) is 14.6 Å². The Labute approximate surface area is 125 Å². The third-order valence-corrected chi connectivity index (χ3v) is 4.03. The van der Waals surface area contributed by atoms with Gasteiger partial charge in [0, 0.05) is 19.4 Å². The van der Waals surface area contributed by atoms with E-state index in [-0.39, 0.29) is 17.1 Å². The average molecular weight is 292 g/mol. The highest BCUT2D eigenvalue weighted by atomic mass is 16.3. The van der Waals surface area contributed by atoms with E-state index in [1.54, 1.807) is 55.8 Å². The molecule has 1 aliphatic rings. The lowest BCUT2D eigenvalue weighted by Gasteiger charge is -2.19. The second-order valence-corrected chi connectivity index (χ2v) is 5.27. The number of hydrogen-bond acceptors (Lipinski definition) is 4. The zero-order valence-electron chi connectivity index (χ0n) is 11.8. The molecular weight excluding hydrogens is 280 g/mol. The smallest absolute Gasteiger partial charge is 0.290 e. The number of fused-ring (bicyclic) bond motifs is 2. The van der Waals surface area contributed by atoms with Gasteiger partial charge in [0.25, 0.3) is 5.91 Å². The Morgan fingerprint density at radius 2 is 1.82 bits per heavy atom. The second-order valence-electron chi connectivity index (χ2n) is 5.27. The number of hydrogen-bond donors (Lipinski definition) is 0. The molecule has 0 N–H and O–H groups in total. The molecule has 1 amide bonds. The average Bonchev–Trinajstić information content (AvgIpc) is 2.81. The van der Waals surface area contributed by atoms with Crippen LogP contribution in [0.1, 0.15) is 27.7 Å². The molecule has 3 heterocycles. The molecule has 0 unspecified atom stereocenters. The molecule has 108 valence electrons. The minimum Gasteiger partial charge on any atom is -0.450 e. The summed E-state index contributed by atoms with van der Waals surface area (Å²) in [6.45, 7) is 0. The van der Waals surface area contributed by atoms with Crippen molar-refractivity contribution < 1.29 is 9.21 Å². The number of nitrogens with zero attached hydrogens (tertiary/aromatic N) is 2. The van der Waals surface area contributed by atoms with Gasteiger partial charge in [0.2, 0.25) is 5.76 Å². The van der Waals surface area contributed by atoms with E-state index < -0.39 is 6.04 Å². The molecule has 0 saturated heterocycles. The molecule has 5 heteroatoms. The van der Waals surface area contributed by atoms with Crippen LogP contribution in [0.3, 0.4) is 0 Å². The van der Waals surface area contributed by atoms with Crippen LogP contribution in [0.25, 0.3) is 11.0 Å². The van der Waals surface area contributed by atoms with Gasteiger partial charge in [-0.25, -0.2) is 0 Å². The molecule has 0 saturated carbocycles. The first kappa shape index (κ1) is 12.8. The summed E-state index contributed by atoms with van der Waals surface area (Å²) in [6.07, 6.45) is 3.29. The van der Waals surface area contributed by atoms with Gasteiger partial charge in [-0.05, 0) is 29.8 Å². The number of rotatable bonds is 1. The maximum absolute atomic E-state index is 12.8. The van der Waals surface area contributed by atoms with Crippen molar-refractivity contribution in [2.45, 2.75) is 6.04 Å². The number of para-hydroxylation sites is 1. The van der Waals surface area contributed by atoms with Crippen LogP contribution >= 0.6 is 0 Å². The number of benzene rings is 1. The van der Waals surface area contributed by atoms with Crippen molar-refractivity contribution in [3.63, 3.8) is 0 Å². The topological polar surface area (TPSA) is 63.4 Å². The summed E-state index contributed by atoms with van der Waals surface area (Å²) < 4.78 is 5.71. The molecule has 0 radical (unpaired) electrons. The summed E-state index contributed by atoms with van der Waals surface area (Å²) >= 11 is 0. The third kappa shape index (κ3) is 1.62. The first-order valence-electron chi connectivity index (χ1n) is 6.91. The first-order valence-corrected chi connectivity index (χ1v) is 6.91. The van der Waals surface area contributed by atoms with Crippen LogP contribution in [0.15, 0.2) is 58.0 Å². The molecule has 3 aromatic rings. The SMILES string of the molecule is CN1C(=O)c2oc3ccccc3c(=O)c2[C@H]1c1ccncc1. The van der Waals surface area contributed by atoms with Gasteiger partial charge in [0.15, 0.2) is 5.43 Å². The van der Waals surface area contributed by atoms with E-state index >= 15 is 0 Å². The van der Waals surface area contributed by atoms with E-state index in [1.165, 1.54) is 4.90 Å². The van der Waals surface area contributed by atoms with Crippen LogP contribution in [-0.2, 0) is 0 Å². The van der Waals surface area contributed by atoms with Crippen LogP contribution in [0.2, 0.25) is 0 Å². The summed E-state index contributed by atoms with van der Waals surface area (Å²) in [5, 5.41) is 0.489. The van der Waals surface area contributed by atoms with E-state index in [1.807, 2.05) is 0 Å². The number of amides is 1.